The van der Waals surface area contributed by atoms with Crippen LogP contribution in [0, 0.1) is 0 Å². The number of esters is 3. The maximum absolute atomic E-state index is 12.9. The molecule has 0 rings (SSSR count). The van der Waals surface area contributed by atoms with E-state index in [0.29, 0.717) is 19.3 Å². The monoisotopic (exact) mass is 1090 g/mol. The van der Waals surface area contributed by atoms with Gasteiger partial charge in [0, 0.05) is 19.3 Å². The van der Waals surface area contributed by atoms with Gasteiger partial charge in [-0.05, 0) is 70.6 Å². The Morgan fingerprint density at radius 3 is 0.782 bits per heavy atom. The van der Waals surface area contributed by atoms with E-state index in [0.717, 1.165) is 103 Å². The second-order valence-electron chi connectivity index (χ2n) is 22.7. The van der Waals surface area contributed by atoms with Gasteiger partial charge in [0.15, 0.2) is 6.10 Å². The molecule has 1 unspecified atom stereocenters. The van der Waals surface area contributed by atoms with E-state index in [1.54, 1.807) is 0 Å². The standard InChI is InChI=1S/C72H128O6/c1-4-7-10-13-16-19-22-25-28-30-32-34-35-36-37-38-40-41-44-47-50-53-56-59-62-65-71(74)77-68-69(67-76-70(73)64-61-58-55-52-49-46-43-27-24-21-18-15-12-9-6-3)78-72(75)66-63-60-57-54-51-48-45-42-39-33-31-29-26-23-20-17-14-11-8-5-2/h7,10,16,19,25,28,32,34,36-37,40-41,69H,4-6,8-9,11-15,17-18,20-24,26-27,29-31,33,35,38-39,42-68H2,1-3H3/b10-7-,19-16-,28-25-,34-32-,37-36-,41-40-. The van der Waals surface area contributed by atoms with Crippen LogP contribution in [0.2, 0.25) is 0 Å². The van der Waals surface area contributed by atoms with Gasteiger partial charge >= 0.3 is 17.9 Å². The third-order valence-electron chi connectivity index (χ3n) is 15.0. The minimum atomic E-state index is -0.780. The van der Waals surface area contributed by atoms with Gasteiger partial charge in [0.05, 0.1) is 0 Å². The van der Waals surface area contributed by atoms with Crippen LogP contribution >= 0.6 is 0 Å². The van der Waals surface area contributed by atoms with E-state index in [-0.39, 0.29) is 31.1 Å². The first-order valence-corrected chi connectivity index (χ1v) is 33.9. The molecule has 452 valence electrons. The highest BCUT2D eigenvalue weighted by atomic mass is 16.6. The molecule has 0 fully saturated rings. The molecular weight excluding hydrogens is 961 g/mol. The summed E-state index contributed by atoms with van der Waals surface area (Å²) in [7, 11) is 0. The smallest absolute Gasteiger partial charge is 0.306 e. The lowest BCUT2D eigenvalue weighted by Crippen LogP contribution is -2.30. The van der Waals surface area contributed by atoms with E-state index in [1.807, 2.05) is 0 Å². The van der Waals surface area contributed by atoms with Gasteiger partial charge in [0.25, 0.3) is 0 Å². The number of ether oxygens (including phenoxy) is 3. The van der Waals surface area contributed by atoms with Gasteiger partial charge in [-0.3, -0.25) is 14.4 Å². The number of carbonyl (C=O) groups is 3. The van der Waals surface area contributed by atoms with Gasteiger partial charge in [-0.1, -0.05) is 331 Å². The van der Waals surface area contributed by atoms with Crippen LogP contribution in [0.25, 0.3) is 0 Å². The summed E-state index contributed by atoms with van der Waals surface area (Å²) in [6.45, 7) is 6.57. The van der Waals surface area contributed by atoms with Gasteiger partial charge in [-0.2, -0.15) is 0 Å². The SMILES string of the molecule is CC/C=C\C/C=C\C/C=C\C/C=C\C/C=C\C/C=C\CCCCCCCCC(=O)OCC(COC(=O)CCCCCCCCCCCCCCCCC)OC(=O)CCCCCCCCCCCCCCCCCCCCCC. The van der Waals surface area contributed by atoms with Crippen molar-refractivity contribution in [2.24, 2.45) is 0 Å². The zero-order valence-electron chi connectivity index (χ0n) is 51.9. The fourth-order valence-electron chi connectivity index (χ4n) is 9.92. The van der Waals surface area contributed by atoms with Crippen molar-refractivity contribution in [3.63, 3.8) is 0 Å². The number of allylic oxidation sites excluding steroid dienone is 12. The molecule has 6 nitrogen and oxygen atoms in total. The van der Waals surface area contributed by atoms with Crippen LogP contribution in [-0.4, -0.2) is 37.2 Å². The Morgan fingerprint density at radius 2 is 0.500 bits per heavy atom. The average molecular weight is 1090 g/mol. The molecule has 0 heterocycles. The van der Waals surface area contributed by atoms with Crippen LogP contribution in [-0.2, 0) is 28.6 Å². The number of hydrogen-bond acceptors (Lipinski definition) is 6. The van der Waals surface area contributed by atoms with Crippen molar-refractivity contribution in [3.05, 3.63) is 72.9 Å². The van der Waals surface area contributed by atoms with Crippen LogP contribution in [0.5, 0.6) is 0 Å². The summed E-state index contributed by atoms with van der Waals surface area (Å²) in [5.74, 6) is -0.867. The topological polar surface area (TPSA) is 78.9 Å². The van der Waals surface area contributed by atoms with Crippen molar-refractivity contribution in [1.29, 1.82) is 0 Å². The number of carbonyl (C=O) groups excluding carboxylic acids is 3. The Balaban J connectivity index is 4.35. The number of hydrogen-bond donors (Lipinski definition) is 0. The van der Waals surface area contributed by atoms with Gasteiger partial charge in [0.1, 0.15) is 13.2 Å². The summed E-state index contributed by atoms with van der Waals surface area (Å²) in [6.07, 6.45) is 86.2. The molecule has 1 atom stereocenters. The van der Waals surface area contributed by atoms with E-state index in [1.165, 1.54) is 205 Å². The molecule has 0 aliphatic rings. The second-order valence-corrected chi connectivity index (χ2v) is 22.7. The zero-order chi connectivity index (χ0) is 56.4. The molecule has 0 saturated carbocycles. The van der Waals surface area contributed by atoms with Crippen molar-refractivity contribution in [3.8, 4) is 0 Å². The minimum absolute atomic E-state index is 0.0750. The van der Waals surface area contributed by atoms with Crippen LogP contribution in [0.1, 0.15) is 348 Å². The molecule has 0 radical (unpaired) electrons. The third-order valence-corrected chi connectivity index (χ3v) is 15.0. The van der Waals surface area contributed by atoms with E-state index >= 15 is 0 Å². The Morgan fingerprint density at radius 1 is 0.269 bits per heavy atom. The van der Waals surface area contributed by atoms with Crippen LogP contribution in [0.4, 0.5) is 0 Å². The van der Waals surface area contributed by atoms with E-state index < -0.39 is 6.10 Å². The molecule has 0 aliphatic carbocycles. The minimum Gasteiger partial charge on any atom is -0.462 e. The first-order chi connectivity index (χ1) is 38.5. The van der Waals surface area contributed by atoms with Crippen molar-refractivity contribution < 1.29 is 28.6 Å². The van der Waals surface area contributed by atoms with Crippen LogP contribution in [0.3, 0.4) is 0 Å². The molecular formula is C72H128O6. The molecule has 0 amide bonds. The molecule has 78 heavy (non-hydrogen) atoms. The quantitative estimate of drug-likeness (QED) is 0.0261. The summed E-state index contributed by atoms with van der Waals surface area (Å²) in [4.78, 5) is 38.4. The lowest BCUT2D eigenvalue weighted by atomic mass is 10.0. The van der Waals surface area contributed by atoms with E-state index in [9.17, 15) is 14.4 Å². The zero-order valence-corrected chi connectivity index (χ0v) is 51.9. The fraction of sp³-hybridized carbons (Fsp3) is 0.792. The second kappa shape index (κ2) is 66.4. The van der Waals surface area contributed by atoms with Gasteiger partial charge in [-0.15, -0.1) is 0 Å². The van der Waals surface area contributed by atoms with Gasteiger partial charge < -0.3 is 14.2 Å². The van der Waals surface area contributed by atoms with Crippen molar-refractivity contribution in [2.45, 2.75) is 354 Å². The molecule has 0 aliphatic heterocycles. The highest BCUT2D eigenvalue weighted by Gasteiger charge is 2.19. The summed E-state index contributed by atoms with van der Waals surface area (Å²) < 4.78 is 17.0. The van der Waals surface area contributed by atoms with Crippen molar-refractivity contribution in [2.75, 3.05) is 13.2 Å². The van der Waals surface area contributed by atoms with Crippen LogP contribution < -0.4 is 0 Å². The molecule has 0 N–H and O–H groups in total. The number of rotatable bonds is 62. The number of unbranched alkanes of at least 4 members (excludes halogenated alkanes) is 39. The Hall–Kier alpha value is -3.15. The summed E-state index contributed by atoms with van der Waals surface area (Å²) in [5.41, 5.74) is 0. The van der Waals surface area contributed by atoms with E-state index in [2.05, 4.69) is 93.7 Å². The van der Waals surface area contributed by atoms with Gasteiger partial charge in [-0.25, -0.2) is 0 Å². The first kappa shape index (κ1) is 74.8. The van der Waals surface area contributed by atoms with Crippen molar-refractivity contribution in [1.82, 2.24) is 0 Å². The summed E-state index contributed by atoms with van der Waals surface area (Å²) >= 11 is 0. The predicted molar refractivity (Wildman–Crippen MR) is 339 cm³/mol. The maximum atomic E-state index is 12.9. The van der Waals surface area contributed by atoms with Crippen LogP contribution in [0.15, 0.2) is 72.9 Å². The van der Waals surface area contributed by atoms with Crippen molar-refractivity contribution >= 4 is 17.9 Å². The third kappa shape index (κ3) is 63.7. The molecule has 0 spiro atoms. The fourth-order valence-corrected chi connectivity index (χ4v) is 9.92. The highest BCUT2D eigenvalue weighted by molar-refractivity contribution is 5.71. The van der Waals surface area contributed by atoms with Gasteiger partial charge in [0.2, 0.25) is 0 Å². The lowest BCUT2D eigenvalue weighted by Gasteiger charge is -2.18. The molecule has 0 aromatic heterocycles. The first-order valence-electron chi connectivity index (χ1n) is 33.9. The van der Waals surface area contributed by atoms with E-state index in [4.69, 9.17) is 14.2 Å². The molecule has 6 heteroatoms. The average Bonchev–Trinajstić information content (AvgIpc) is 3.44. The molecule has 0 aromatic rings. The molecule has 0 bridgehead atoms. The summed E-state index contributed by atoms with van der Waals surface area (Å²) in [5, 5.41) is 0. The highest BCUT2D eigenvalue weighted by Crippen LogP contribution is 2.18. The normalized spacial score (nSPS) is 12.5. The predicted octanol–water partition coefficient (Wildman–Crippen LogP) is 23.3. The lowest BCUT2D eigenvalue weighted by molar-refractivity contribution is -0.167. The molecule has 0 saturated heterocycles. The Kier molecular flexibility index (Phi) is 63.7. The Labute approximate surface area is 484 Å². The largest absolute Gasteiger partial charge is 0.462 e. The Bertz CT molecular complexity index is 1440. The molecule has 0 aromatic carbocycles. The maximum Gasteiger partial charge on any atom is 0.306 e. The summed E-state index contributed by atoms with van der Waals surface area (Å²) in [6, 6.07) is 0.